The highest BCUT2D eigenvalue weighted by molar-refractivity contribution is 7.92. The Morgan fingerprint density at radius 3 is 1.91 bits per heavy atom. The molecule has 0 saturated heterocycles. The minimum Gasteiger partial charge on any atom is -0.352 e. The van der Waals surface area contributed by atoms with E-state index in [9.17, 15) is 22.4 Å². The van der Waals surface area contributed by atoms with Gasteiger partial charge in [0.1, 0.15) is 18.4 Å². The summed E-state index contributed by atoms with van der Waals surface area (Å²) in [7, 11) is -4.23. The Hall–Kier alpha value is -4.50. The third-order valence-electron chi connectivity index (χ3n) is 7.89. The maximum atomic E-state index is 14.4. The molecule has 1 fully saturated rings. The van der Waals surface area contributed by atoms with E-state index in [4.69, 9.17) is 0 Å². The summed E-state index contributed by atoms with van der Waals surface area (Å²) < 4.78 is 42.7. The number of nitrogens with zero attached hydrogens (tertiary/aromatic N) is 2. The minimum atomic E-state index is -4.23. The van der Waals surface area contributed by atoms with E-state index in [-0.39, 0.29) is 35.5 Å². The summed E-state index contributed by atoms with van der Waals surface area (Å²) in [5.41, 5.74) is 1.81. The van der Waals surface area contributed by atoms with Crippen molar-refractivity contribution in [3.63, 3.8) is 0 Å². The van der Waals surface area contributed by atoms with Crippen molar-refractivity contribution in [1.29, 1.82) is 0 Å². The molecule has 0 spiro atoms. The van der Waals surface area contributed by atoms with Crippen LogP contribution < -0.4 is 9.62 Å². The van der Waals surface area contributed by atoms with Crippen LogP contribution in [0.2, 0.25) is 0 Å². The largest absolute Gasteiger partial charge is 0.352 e. The van der Waals surface area contributed by atoms with E-state index in [0.29, 0.717) is 0 Å². The fraction of sp³-hybridized carbons (Fsp3) is 0.257. The third-order valence-corrected chi connectivity index (χ3v) is 9.68. The quantitative estimate of drug-likeness (QED) is 0.222. The van der Waals surface area contributed by atoms with Gasteiger partial charge in [-0.05, 0) is 60.4 Å². The number of carbonyl (C=O) groups is 2. The highest BCUT2D eigenvalue weighted by Gasteiger charge is 2.35. The van der Waals surface area contributed by atoms with Crippen LogP contribution in [0.5, 0.6) is 0 Å². The Morgan fingerprint density at radius 1 is 0.773 bits per heavy atom. The van der Waals surface area contributed by atoms with Gasteiger partial charge in [0.05, 0.1) is 10.6 Å². The molecule has 1 N–H and O–H groups in total. The SMILES string of the molecule is O=C(NC1CCCC1)[C@@H](Cc1ccccc1)N(Cc1ccccc1)C(=O)CN(c1ccc(F)cc1)S(=O)(=O)c1ccccc1. The van der Waals surface area contributed by atoms with Gasteiger partial charge in [0.15, 0.2) is 0 Å². The second-order valence-electron chi connectivity index (χ2n) is 11.0. The zero-order valence-electron chi connectivity index (χ0n) is 24.4. The number of halogens is 1. The van der Waals surface area contributed by atoms with Gasteiger partial charge in [0.2, 0.25) is 11.8 Å². The number of benzene rings is 4. The van der Waals surface area contributed by atoms with Gasteiger partial charge in [0, 0.05) is 19.0 Å². The van der Waals surface area contributed by atoms with Crippen LogP contribution in [0.15, 0.2) is 120 Å². The molecule has 1 atom stereocenters. The van der Waals surface area contributed by atoms with Crippen molar-refractivity contribution in [3.05, 3.63) is 132 Å². The molecule has 7 nitrogen and oxygen atoms in total. The summed E-state index contributed by atoms with van der Waals surface area (Å²) >= 11 is 0. The number of nitrogens with one attached hydrogen (secondary N) is 1. The lowest BCUT2D eigenvalue weighted by Gasteiger charge is -2.34. The smallest absolute Gasteiger partial charge is 0.264 e. The van der Waals surface area contributed by atoms with E-state index in [1.54, 1.807) is 18.2 Å². The van der Waals surface area contributed by atoms with E-state index in [1.807, 2.05) is 60.7 Å². The van der Waals surface area contributed by atoms with Gasteiger partial charge in [-0.25, -0.2) is 12.8 Å². The van der Waals surface area contributed by atoms with E-state index in [2.05, 4.69) is 5.32 Å². The molecule has 5 rings (SSSR count). The molecule has 0 radical (unpaired) electrons. The second-order valence-corrected chi connectivity index (χ2v) is 12.9. The zero-order valence-corrected chi connectivity index (χ0v) is 25.2. The summed E-state index contributed by atoms with van der Waals surface area (Å²) in [5, 5.41) is 3.16. The maximum absolute atomic E-state index is 14.4. The van der Waals surface area contributed by atoms with Gasteiger partial charge >= 0.3 is 0 Å². The first-order valence-electron chi connectivity index (χ1n) is 14.8. The highest BCUT2D eigenvalue weighted by Crippen LogP contribution is 2.26. The molecule has 9 heteroatoms. The van der Waals surface area contributed by atoms with Gasteiger partial charge in [0.25, 0.3) is 10.0 Å². The average Bonchev–Trinajstić information content (AvgIpc) is 3.56. The van der Waals surface area contributed by atoms with E-state index < -0.39 is 34.3 Å². The van der Waals surface area contributed by atoms with Crippen molar-refractivity contribution < 1.29 is 22.4 Å². The number of hydrogen-bond donors (Lipinski definition) is 1. The first-order valence-corrected chi connectivity index (χ1v) is 16.3. The van der Waals surface area contributed by atoms with Crippen molar-refractivity contribution in [2.75, 3.05) is 10.8 Å². The molecule has 1 aliphatic rings. The van der Waals surface area contributed by atoms with Gasteiger partial charge in [-0.15, -0.1) is 0 Å². The Labute approximate surface area is 258 Å². The fourth-order valence-electron chi connectivity index (χ4n) is 5.56. The van der Waals surface area contributed by atoms with Crippen molar-refractivity contribution in [3.8, 4) is 0 Å². The van der Waals surface area contributed by atoms with Crippen LogP contribution in [-0.4, -0.2) is 43.8 Å². The number of amides is 2. The molecule has 2 amide bonds. The molecule has 0 heterocycles. The van der Waals surface area contributed by atoms with Crippen LogP contribution in [0.3, 0.4) is 0 Å². The minimum absolute atomic E-state index is 0.00783. The third kappa shape index (κ3) is 7.71. The molecule has 0 aromatic heterocycles. The zero-order chi connectivity index (χ0) is 30.9. The highest BCUT2D eigenvalue weighted by atomic mass is 32.2. The van der Waals surface area contributed by atoms with Crippen LogP contribution in [0.25, 0.3) is 0 Å². The molecule has 228 valence electrons. The van der Waals surface area contributed by atoms with Crippen molar-refractivity contribution in [2.45, 2.75) is 55.6 Å². The van der Waals surface area contributed by atoms with Gasteiger partial charge < -0.3 is 10.2 Å². The average molecular weight is 614 g/mol. The Balaban J connectivity index is 1.54. The van der Waals surface area contributed by atoms with E-state index >= 15 is 0 Å². The Bertz CT molecular complexity index is 1630. The number of carbonyl (C=O) groups excluding carboxylic acids is 2. The fourth-order valence-corrected chi connectivity index (χ4v) is 6.99. The van der Waals surface area contributed by atoms with Crippen LogP contribution >= 0.6 is 0 Å². The molecular weight excluding hydrogens is 577 g/mol. The lowest BCUT2D eigenvalue weighted by Crippen LogP contribution is -2.54. The van der Waals surface area contributed by atoms with Crippen molar-refractivity contribution in [1.82, 2.24) is 10.2 Å². The van der Waals surface area contributed by atoms with E-state index in [0.717, 1.165) is 53.2 Å². The normalized spacial score (nSPS) is 14.1. The van der Waals surface area contributed by atoms with Gasteiger partial charge in [-0.3, -0.25) is 13.9 Å². The molecule has 0 bridgehead atoms. The summed E-state index contributed by atoms with van der Waals surface area (Å²) in [5.74, 6) is -1.36. The van der Waals surface area contributed by atoms with Gasteiger partial charge in [-0.2, -0.15) is 0 Å². The summed E-state index contributed by atoms with van der Waals surface area (Å²) in [6.07, 6.45) is 4.07. The van der Waals surface area contributed by atoms with Crippen LogP contribution in [-0.2, 0) is 32.6 Å². The molecule has 44 heavy (non-hydrogen) atoms. The van der Waals surface area contributed by atoms with Crippen LogP contribution in [0.4, 0.5) is 10.1 Å². The van der Waals surface area contributed by atoms with Crippen molar-refractivity contribution >= 4 is 27.5 Å². The van der Waals surface area contributed by atoms with Crippen LogP contribution in [0, 0.1) is 5.82 Å². The molecular formula is C35H36FN3O4S. The second kappa shape index (κ2) is 14.3. The van der Waals surface area contributed by atoms with Crippen LogP contribution in [0.1, 0.15) is 36.8 Å². The lowest BCUT2D eigenvalue weighted by molar-refractivity contribution is -0.140. The summed E-state index contributed by atoms with van der Waals surface area (Å²) in [6, 6.07) is 30.7. The number of sulfonamides is 1. The standard InChI is InChI=1S/C35H36FN3O4S/c36-29-20-22-31(23-21-29)39(44(42,43)32-18-8-3-9-19-32)26-34(40)38(25-28-14-6-2-7-15-28)33(24-27-12-4-1-5-13-27)35(41)37-30-16-10-11-17-30/h1-9,12-15,18-23,30,33H,10-11,16-17,24-26H2,(H,37,41)/t33-/m1/s1. The van der Waals surface area contributed by atoms with E-state index in [1.165, 1.54) is 29.2 Å². The number of rotatable bonds is 12. The van der Waals surface area contributed by atoms with Gasteiger partial charge in [-0.1, -0.05) is 91.7 Å². The molecule has 0 aliphatic heterocycles. The molecule has 0 unspecified atom stereocenters. The first-order chi connectivity index (χ1) is 21.3. The predicted octanol–water partition coefficient (Wildman–Crippen LogP) is 5.72. The molecule has 1 saturated carbocycles. The predicted molar refractivity (Wildman–Crippen MR) is 169 cm³/mol. The maximum Gasteiger partial charge on any atom is 0.264 e. The molecule has 4 aromatic rings. The Morgan fingerprint density at radius 2 is 1.32 bits per heavy atom. The Kier molecular flexibility index (Phi) is 10.1. The lowest BCUT2D eigenvalue weighted by atomic mass is 10.0. The van der Waals surface area contributed by atoms with Crippen molar-refractivity contribution in [2.24, 2.45) is 0 Å². The first kappa shape index (κ1) is 30.9. The molecule has 4 aromatic carbocycles. The molecule has 1 aliphatic carbocycles. The summed E-state index contributed by atoms with van der Waals surface area (Å²) in [4.78, 5) is 29.9. The monoisotopic (exact) mass is 613 g/mol. The summed E-state index contributed by atoms with van der Waals surface area (Å²) in [6.45, 7) is -0.490. The number of hydrogen-bond acceptors (Lipinski definition) is 4. The topological polar surface area (TPSA) is 86.8 Å². The number of anilines is 1.